The second kappa shape index (κ2) is 12.5. The highest BCUT2D eigenvalue weighted by Gasteiger charge is 2.24. The lowest BCUT2D eigenvalue weighted by molar-refractivity contribution is -0.114. The molecule has 0 bridgehead atoms. The van der Waals surface area contributed by atoms with Crippen LogP contribution in [0, 0.1) is 0 Å². The lowest BCUT2D eigenvalue weighted by Crippen LogP contribution is -2.18. The second-order valence-electron chi connectivity index (χ2n) is 8.87. The zero-order valence-electron chi connectivity index (χ0n) is 21.8. The number of carbonyl (C=O) groups excluding carboxylic acids is 2. The number of rotatable bonds is 12. The number of carbonyl (C=O) groups is 6. The molecule has 4 rings (SSSR count). The minimum absolute atomic E-state index is 0.0120. The van der Waals surface area contributed by atoms with E-state index in [0.717, 1.165) is 24.3 Å². The summed E-state index contributed by atoms with van der Waals surface area (Å²) in [5, 5.41) is 37.2. The number of hydrogen-bond acceptors (Lipinski definition) is 8. The molecule has 12 nitrogen and oxygen atoms in total. The average molecular weight is 584 g/mol. The van der Waals surface area contributed by atoms with E-state index < -0.39 is 64.1 Å². The molecule has 0 radical (unpaired) electrons. The zero-order chi connectivity index (χ0) is 31.3. The lowest BCUT2D eigenvalue weighted by Gasteiger charge is -2.13. The number of aromatic carboxylic acids is 4. The fourth-order valence-corrected chi connectivity index (χ4v) is 4.05. The van der Waals surface area contributed by atoms with Crippen molar-refractivity contribution in [1.82, 2.24) is 0 Å². The summed E-state index contributed by atoms with van der Waals surface area (Å²) < 4.78 is 11.4. The molecule has 4 aromatic rings. The summed E-state index contributed by atoms with van der Waals surface area (Å²) >= 11 is 0. The molecule has 0 atom stereocenters. The van der Waals surface area contributed by atoms with Crippen LogP contribution in [0.3, 0.4) is 0 Å². The van der Waals surface area contributed by atoms with Crippen LogP contribution >= 0.6 is 0 Å². The van der Waals surface area contributed by atoms with Gasteiger partial charge in [0.1, 0.15) is 23.0 Å². The van der Waals surface area contributed by atoms with Gasteiger partial charge in [-0.1, -0.05) is 30.3 Å². The summed E-state index contributed by atoms with van der Waals surface area (Å²) in [6, 6.07) is 18.5. The van der Waals surface area contributed by atoms with Crippen LogP contribution in [-0.2, 0) is 11.2 Å². The predicted octanol–water partition coefficient (Wildman–Crippen LogP) is 5.06. The van der Waals surface area contributed by atoms with Gasteiger partial charge in [-0.15, -0.1) is 0 Å². The maximum absolute atomic E-state index is 13.2. The molecule has 0 heterocycles. The molecule has 0 saturated heterocycles. The standard InChI is InChI=1S/C31H20O12/c32-24(13-16-5-1-3-7-25(16)42-17-9-11-19(28(34)35)22(14-17)30(38)39)27(33)21-6-2-4-8-26(21)43-18-10-12-20(29(36)37)23(15-18)31(40)41/h1-12,14-15H,13H2,(H,34,35)(H,36,37)(H,38,39)(H,40,41). The fourth-order valence-electron chi connectivity index (χ4n) is 4.05. The van der Waals surface area contributed by atoms with Gasteiger partial charge in [-0.3, -0.25) is 9.59 Å². The molecular weight excluding hydrogens is 564 g/mol. The highest BCUT2D eigenvalue weighted by atomic mass is 16.5. The van der Waals surface area contributed by atoms with E-state index in [-0.39, 0.29) is 34.1 Å². The lowest BCUT2D eigenvalue weighted by atomic mass is 10.00. The molecule has 0 aliphatic rings. The predicted molar refractivity (Wildman–Crippen MR) is 147 cm³/mol. The Morgan fingerprint density at radius 3 is 1.44 bits per heavy atom. The van der Waals surface area contributed by atoms with Crippen LogP contribution in [-0.4, -0.2) is 55.9 Å². The van der Waals surface area contributed by atoms with Gasteiger partial charge < -0.3 is 29.9 Å². The van der Waals surface area contributed by atoms with Crippen LogP contribution in [0.2, 0.25) is 0 Å². The van der Waals surface area contributed by atoms with Crippen molar-refractivity contribution in [3.05, 3.63) is 118 Å². The van der Waals surface area contributed by atoms with Gasteiger partial charge in [0.15, 0.2) is 0 Å². The molecule has 216 valence electrons. The molecule has 4 N–H and O–H groups in total. The summed E-state index contributed by atoms with van der Waals surface area (Å²) in [6.07, 6.45) is -0.432. The highest BCUT2D eigenvalue weighted by molar-refractivity contribution is 6.44. The molecule has 43 heavy (non-hydrogen) atoms. The average Bonchev–Trinajstić information content (AvgIpc) is 2.97. The van der Waals surface area contributed by atoms with Crippen LogP contribution < -0.4 is 9.47 Å². The smallest absolute Gasteiger partial charge is 0.336 e. The number of para-hydroxylation sites is 2. The summed E-state index contributed by atoms with van der Waals surface area (Å²) in [4.78, 5) is 72.0. The second-order valence-corrected chi connectivity index (χ2v) is 8.87. The monoisotopic (exact) mass is 584 g/mol. The number of benzene rings is 4. The topological polar surface area (TPSA) is 202 Å². The van der Waals surface area contributed by atoms with E-state index in [1.807, 2.05) is 0 Å². The Morgan fingerprint density at radius 2 is 0.930 bits per heavy atom. The Kier molecular flexibility index (Phi) is 8.61. The third-order valence-electron chi connectivity index (χ3n) is 6.07. The number of carboxylic acid groups (broad SMARTS) is 4. The molecule has 0 aromatic heterocycles. The number of ketones is 2. The summed E-state index contributed by atoms with van der Waals surface area (Å²) in [6.45, 7) is 0. The van der Waals surface area contributed by atoms with E-state index in [4.69, 9.17) is 9.47 Å². The first-order valence-corrected chi connectivity index (χ1v) is 12.3. The fraction of sp³-hybridized carbons (Fsp3) is 0.0323. The summed E-state index contributed by atoms with van der Waals surface area (Å²) in [5.74, 6) is -7.72. The van der Waals surface area contributed by atoms with Crippen molar-refractivity contribution in [2.45, 2.75) is 6.42 Å². The Bertz CT molecular complexity index is 1800. The van der Waals surface area contributed by atoms with E-state index in [2.05, 4.69) is 0 Å². The first kappa shape index (κ1) is 29.7. The van der Waals surface area contributed by atoms with Crippen molar-refractivity contribution in [3.63, 3.8) is 0 Å². The molecule has 0 fully saturated rings. The Morgan fingerprint density at radius 1 is 0.488 bits per heavy atom. The molecule has 4 aromatic carbocycles. The third-order valence-corrected chi connectivity index (χ3v) is 6.07. The van der Waals surface area contributed by atoms with Crippen molar-refractivity contribution in [3.8, 4) is 23.0 Å². The summed E-state index contributed by atoms with van der Waals surface area (Å²) in [7, 11) is 0. The number of Topliss-reactive ketones (excluding diaryl/α,β-unsaturated/α-hetero) is 2. The number of ether oxygens (including phenoxy) is 2. The van der Waals surface area contributed by atoms with Gasteiger partial charge in [-0.05, 0) is 54.6 Å². The third kappa shape index (κ3) is 6.72. The number of carboxylic acids is 4. The van der Waals surface area contributed by atoms with Gasteiger partial charge in [0.05, 0.1) is 27.8 Å². The molecule has 0 unspecified atom stereocenters. The molecule has 0 spiro atoms. The molecular formula is C31H20O12. The van der Waals surface area contributed by atoms with Crippen LogP contribution in [0.5, 0.6) is 23.0 Å². The Balaban J connectivity index is 1.57. The van der Waals surface area contributed by atoms with Crippen molar-refractivity contribution in [1.29, 1.82) is 0 Å². The molecule has 12 heteroatoms. The van der Waals surface area contributed by atoms with E-state index in [9.17, 15) is 49.2 Å². The molecule has 0 amide bonds. The van der Waals surface area contributed by atoms with E-state index in [0.29, 0.717) is 0 Å². The van der Waals surface area contributed by atoms with Crippen molar-refractivity contribution in [2.75, 3.05) is 0 Å². The number of hydrogen-bond donors (Lipinski definition) is 4. The van der Waals surface area contributed by atoms with Gasteiger partial charge in [0.2, 0.25) is 11.6 Å². The maximum atomic E-state index is 13.2. The minimum Gasteiger partial charge on any atom is -0.478 e. The Labute approximate surface area is 242 Å². The van der Waals surface area contributed by atoms with Crippen LogP contribution in [0.15, 0.2) is 84.9 Å². The Hall–Kier alpha value is -6.30. The van der Waals surface area contributed by atoms with Gasteiger partial charge in [-0.2, -0.15) is 0 Å². The minimum atomic E-state index is -1.50. The van der Waals surface area contributed by atoms with Crippen LogP contribution in [0.4, 0.5) is 0 Å². The first-order valence-electron chi connectivity index (χ1n) is 12.3. The van der Waals surface area contributed by atoms with Gasteiger partial charge in [-0.25, -0.2) is 19.2 Å². The van der Waals surface area contributed by atoms with Gasteiger partial charge >= 0.3 is 23.9 Å². The van der Waals surface area contributed by atoms with Gasteiger partial charge in [0.25, 0.3) is 0 Å². The van der Waals surface area contributed by atoms with E-state index >= 15 is 0 Å². The maximum Gasteiger partial charge on any atom is 0.336 e. The van der Waals surface area contributed by atoms with E-state index in [1.165, 1.54) is 48.5 Å². The normalized spacial score (nSPS) is 10.4. The highest BCUT2D eigenvalue weighted by Crippen LogP contribution is 2.30. The van der Waals surface area contributed by atoms with Crippen molar-refractivity contribution >= 4 is 35.4 Å². The largest absolute Gasteiger partial charge is 0.478 e. The molecule has 0 saturated carbocycles. The van der Waals surface area contributed by atoms with Crippen LogP contribution in [0.25, 0.3) is 0 Å². The summed E-state index contributed by atoms with van der Waals surface area (Å²) in [5.41, 5.74) is -1.80. The first-order chi connectivity index (χ1) is 20.5. The molecule has 0 aliphatic carbocycles. The van der Waals surface area contributed by atoms with Gasteiger partial charge in [0, 0.05) is 12.0 Å². The quantitative estimate of drug-likeness (QED) is 0.128. The van der Waals surface area contributed by atoms with Crippen molar-refractivity contribution in [2.24, 2.45) is 0 Å². The van der Waals surface area contributed by atoms with Crippen molar-refractivity contribution < 1.29 is 58.7 Å². The zero-order valence-corrected chi connectivity index (χ0v) is 21.8. The van der Waals surface area contributed by atoms with E-state index in [1.54, 1.807) is 12.1 Å². The van der Waals surface area contributed by atoms with Crippen LogP contribution in [0.1, 0.15) is 57.4 Å². The molecule has 0 aliphatic heterocycles. The SMILES string of the molecule is O=C(Cc1ccccc1Oc1ccc(C(=O)O)c(C(=O)O)c1)C(=O)c1ccccc1Oc1ccc(C(=O)O)c(C(=O)O)c1.